The Morgan fingerprint density at radius 3 is 2.26 bits per heavy atom. The van der Waals surface area contributed by atoms with E-state index in [4.69, 9.17) is 0 Å². The van der Waals surface area contributed by atoms with E-state index in [1.807, 2.05) is 0 Å². The summed E-state index contributed by atoms with van der Waals surface area (Å²) in [6, 6.07) is 10.1. The van der Waals surface area contributed by atoms with Crippen LogP contribution in [0.25, 0.3) is 0 Å². The number of Topliss-reactive ketones (excluding diaryl/α,β-unsaturated/α-hetero) is 1. The molecule has 2 N–H and O–H groups in total. The van der Waals surface area contributed by atoms with Crippen molar-refractivity contribution in [1.29, 1.82) is 0 Å². The third-order valence-corrected chi connectivity index (χ3v) is 8.96. The first-order valence-electron chi connectivity index (χ1n) is 12.3. The molecule has 1 aliphatic heterocycles. The molecule has 3 atom stereocenters. The van der Waals surface area contributed by atoms with Gasteiger partial charge in [0.05, 0.1) is 21.8 Å². The zero-order valence-corrected chi connectivity index (χ0v) is 21.4. The molecule has 0 bridgehead atoms. The lowest BCUT2D eigenvalue weighted by molar-refractivity contribution is -0.140. The van der Waals surface area contributed by atoms with Crippen LogP contribution in [0.5, 0.6) is 0 Å². The summed E-state index contributed by atoms with van der Waals surface area (Å²) in [6.07, 6.45) is -3.49. The number of ketones is 1. The van der Waals surface area contributed by atoms with Gasteiger partial charge in [-0.25, -0.2) is 8.42 Å². The number of halogens is 3. The van der Waals surface area contributed by atoms with Crippen molar-refractivity contribution in [1.82, 2.24) is 10.6 Å². The second kappa shape index (κ2) is 10.8. The van der Waals surface area contributed by atoms with Crippen LogP contribution >= 0.6 is 0 Å². The number of hydrogen-bond donors (Lipinski definition) is 2. The van der Waals surface area contributed by atoms with Crippen LogP contribution in [0.2, 0.25) is 0 Å². The molecule has 4 rings (SSSR count). The molecule has 2 fully saturated rings. The van der Waals surface area contributed by atoms with Gasteiger partial charge in [0, 0.05) is 18.3 Å². The van der Waals surface area contributed by atoms with E-state index < -0.39 is 61.4 Å². The van der Waals surface area contributed by atoms with Crippen molar-refractivity contribution >= 4 is 33.1 Å². The number of nitrogens with zero attached hydrogens (tertiary/aromatic N) is 1. The van der Waals surface area contributed by atoms with Gasteiger partial charge in [-0.2, -0.15) is 13.2 Å². The van der Waals surface area contributed by atoms with Crippen LogP contribution in [0, 0.1) is 0 Å². The summed E-state index contributed by atoms with van der Waals surface area (Å²) in [4.78, 5) is 38.9. The number of anilines is 1. The zero-order valence-electron chi connectivity index (χ0n) is 20.6. The van der Waals surface area contributed by atoms with Crippen molar-refractivity contribution in [2.45, 2.75) is 67.1 Å². The van der Waals surface area contributed by atoms with E-state index in [-0.39, 0.29) is 25.4 Å². The van der Waals surface area contributed by atoms with Crippen LogP contribution in [-0.2, 0) is 30.4 Å². The van der Waals surface area contributed by atoms with Crippen molar-refractivity contribution in [3.05, 3.63) is 60.2 Å². The monoisotopic (exact) mass is 551 g/mol. The predicted molar refractivity (Wildman–Crippen MR) is 133 cm³/mol. The maximum atomic E-state index is 13.6. The molecule has 0 aromatic heterocycles. The number of para-hydroxylation sites is 1. The molecule has 12 heteroatoms. The van der Waals surface area contributed by atoms with Gasteiger partial charge in [-0.15, -0.1) is 0 Å². The minimum absolute atomic E-state index is 0.0476. The van der Waals surface area contributed by atoms with Crippen molar-refractivity contribution in [3.63, 3.8) is 0 Å². The lowest BCUT2D eigenvalue weighted by Gasteiger charge is -2.27. The number of amides is 2. The van der Waals surface area contributed by atoms with Crippen LogP contribution in [0.15, 0.2) is 59.5 Å². The number of carbonyl (C=O) groups excluding carboxylic acids is 3. The Kier molecular flexibility index (Phi) is 7.82. The minimum Gasteiger partial charge on any atom is -0.358 e. The molecule has 2 aliphatic rings. The first-order chi connectivity index (χ1) is 17.9. The molecule has 0 spiro atoms. The number of rotatable bonds is 9. The molecule has 8 nitrogen and oxygen atoms in total. The number of nitrogens with one attached hydrogen (secondary N) is 2. The van der Waals surface area contributed by atoms with Gasteiger partial charge in [-0.05, 0) is 49.9 Å². The topological polar surface area (TPSA) is 113 Å². The van der Waals surface area contributed by atoms with Gasteiger partial charge in [0.25, 0.3) is 5.91 Å². The van der Waals surface area contributed by atoms with E-state index in [0.717, 1.165) is 25.0 Å². The third kappa shape index (κ3) is 5.85. The van der Waals surface area contributed by atoms with E-state index in [0.29, 0.717) is 11.8 Å². The van der Waals surface area contributed by atoms with Crippen LogP contribution in [-0.4, -0.2) is 55.9 Å². The minimum atomic E-state index is -4.88. The molecule has 0 radical (unpaired) electrons. The molecule has 38 heavy (non-hydrogen) atoms. The largest absolute Gasteiger partial charge is 0.417 e. The summed E-state index contributed by atoms with van der Waals surface area (Å²) < 4.78 is 67.8. The van der Waals surface area contributed by atoms with Crippen LogP contribution < -0.4 is 15.5 Å². The first kappa shape index (κ1) is 27.6. The Morgan fingerprint density at radius 2 is 1.66 bits per heavy atom. The molecule has 204 valence electrons. The SMILES string of the molecule is CC[C@H](NC(=O)[C@@H]1C[C@@H](S(=O)(=O)c2ccccc2C(F)(F)F)CN1c1ccccc1)C(=O)C(=O)NC1CC1. The van der Waals surface area contributed by atoms with Crippen molar-refractivity contribution in [2.24, 2.45) is 0 Å². The van der Waals surface area contributed by atoms with E-state index in [9.17, 15) is 36.0 Å². The quantitative estimate of drug-likeness (QED) is 0.464. The smallest absolute Gasteiger partial charge is 0.358 e. The Bertz CT molecular complexity index is 1310. The highest BCUT2D eigenvalue weighted by molar-refractivity contribution is 7.92. The van der Waals surface area contributed by atoms with Gasteiger partial charge in [0.1, 0.15) is 6.04 Å². The average Bonchev–Trinajstić information content (AvgIpc) is 3.59. The van der Waals surface area contributed by atoms with Crippen molar-refractivity contribution in [2.75, 3.05) is 11.4 Å². The summed E-state index contributed by atoms with van der Waals surface area (Å²) in [6.45, 7) is 1.39. The Balaban J connectivity index is 1.61. The zero-order chi connectivity index (χ0) is 27.7. The summed E-state index contributed by atoms with van der Waals surface area (Å²) in [5.41, 5.74) is -0.766. The third-order valence-electron chi connectivity index (χ3n) is 6.77. The van der Waals surface area contributed by atoms with Crippen molar-refractivity contribution in [3.8, 4) is 0 Å². The van der Waals surface area contributed by atoms with Gasteiger partial charge in [-0.3, -0.25) is 14.4 Å². The molecule has 0 unspecified atom stereocenters. The van der Waals surface area contributed by atoms with Crippen LogP contribution in [0.4, 0.5) is 18.9 Å². The number of carbonyl (C=O) groups is 3. The fraction of sp³-hybridized carbons (Fsp3) is 0.423. The standard InChI is InChI=1S/C26H28F3N3O5S/c1-2-20(23(33)25(35)30-16-12-13-16)31-24(34)21-14-18(15-32(21)17-8-4-3-5-9-17)38(36,37)22-11-7-6-10-19(22)26(27,28)29/h3-11,16,18,20-21H,2,12-15H2,1H3,(H,30,35)(H,31,34)/t18-,20+,21+/m1/s1. The molecular formula is C26H28F3N3O5S. The highest BCUT2D eigenvalue weighted by atomic mass is 32.2. The number of benzene rings is 2. The predicted octanol–water partition coefficient (Wildman–Crippen LogP) is 2.87. The van der Waals surface area contributed by atoms with Gasteiger partial charge in [0.15, 0.2) is 9.84 Å². The summed E-state index contributed by atoms with van der Waals surface area (Å²) in [5.74, 6) is -2.29. The second-order valence-electron chi connectivity index (χ2n) is 9.48. The van der Waals surface area contributed by atoms with Crippen LogP contribution in [0.1, 0.15) is 38.2 Å². The fourth-order valence-electron chi connectivity index (χ4n) is 4.57. The molecule has 1 saturated heterocycles. The molecule has 1 aliphatic carbocycles. The maximum absolute atomic E-state index is 13.6. The van der Waals surface area contributed by atoms with E-state index >= 15 is 0 Å². The normalized spacial score (nSPS) is 20.6. The van der Waals surface area contributed by atoms with Gasteiger partial charge in [0.2, 0.25) is 11.7 Å². The molecule has 2 aromatic rings. The van der Waals surface area contributed by atoms with E-state index in [2.05, 4.69) is 10.6 Å². The first-order valence-corrected chi connectivity index (χ1v) is 13.8. The van der Waals surface area contributed by atoms with Gasteiger partial charge in [-0.1, -0.05) is 37.3 Å². The van der Waals surface area contributed by atoms with Gasteiger partial charge >= 0.3 is 6.18 Å². The average molecular weight is 552 g/mol. The van der Waals surface area contributed by atoms with Crippen molar-refractivity contribution < 1.29 is 36.0 Å². The van der Waals surface area contributed by atoms with Crippen LogP contribution in [0.3, 0.4) is 0 Å². The Morgan fingerprint density at radius 1 is 1.03 bits per heavy atom. The Labute approximate surface area is 218 Å². The molecular weight excluding hydrogens is 523 g/mol. The fourth-order valence-corrected chi connectivity index (χ4v) is 6.48. The summed E-state index contributed by atoms with van der Waals surface area (Å²) in [7, 11) is -4.50. The molecule has 1 heterocycles. The van der Waals surface area contributed by atoms with E-state index in [1.54, 1.807) is 37.3 Å². The van der Waals surface area contributed by atoms with E-state index in [1.165, 1.54) is 11.0 Å². The highest BCUT2D eigenvalue weighted by Crippen LogP contribution is 2.38. The second-order valence-corrected chi connectivity index (χ2v) is 11.7. The number of sulfone groups is 1. The molecule has 2 aromatic carbocycles. The van der Waals surface area contributed by atoms with Gasteiger partial charge < -0.3 is 15.5 Å². The summed E-state index contributed by atoms with van der Waals surface area (Å²) in [5, 5.41) is 3.83. The number of alkyl halides is 3. The maximum Gasteiger partial charge on any atom is 0.417 e. The lowest BCUT2D eigenvalue weighted by atomic mass is 10.1. The highest BCUT2D eigenvalue weighted by Gasteiger charge is 2.47. The summed E-state index contributed by atoms with van der Waals surface area (Å²) >= 11 is 0. The molecule has 1 saturated carbocycles. The lowest BCUT2D eigenvalue weighted by Crippen LogP contribution is -2.52. The number of hydrogen-bond acceptors (Lipinski definition) is 6. The molecule has 2 amide bonds. The Hall–Kier alpha value is -3.41.